The summed E-state index contributed by atoms with van der Waals surface area (Å²) in [6.45, 7) is 0. The Morgan fingerprint density at radius 3 is 2.86 bits per heavy atom. The Bertz CT molecular complexity index is 649. The number of hydrogen-bond donors (Lipinski definition) is 2. The van der Waals surface area contributed by atoms with Gasteiger partial charge in [-0.05, 0) is 0 Å². The van der Waals surface area contributed by atoms with Gasteiger partial charge in [-0.3, -0.25) is 9.59 Å². The van der Waals surface area contributed by atoms with Gasteiger partial charge in [-0.15, -0.1) is 5.10 Å². The summed E-state index contributed by atoms with van der Waals surface area (Å²) in [7, 11) is 0. The number of carboxylic acid groups (broad SMARTS) is 1. The molecule has 1 unspecified atom stereocenters. The van der Waals surface area contributed by atoms with Crippen LogP contribution in [0, 0.1) is 0 Å². The zero-order valence-corrected chi connectivity index (χ0v) is 11.9. The third-order valence-corrected chi connectivity index (χ3v) is 3.79. The quantitative estimate of drug-likeness (QED) is 0.639. The molecule has 6 nitrogen and oxygen atoms in total. The molecule has 1 amide bonds. The molecule has 22 heavy (non-hydrogen) atoms. The van der Waals surface area contributed by atoms with Gasteiger partial charge in [-0.1, -0.05) is 36.0 Å². The first-order chi connectivity index (χ1) is 10.5. The van der Waals surface area contributed by atoms with Crippen molar-refractivity contribution in [2.24, 2.45) is 10.2 Å². The molecule has 1 aliphatic rings. The molecule has 116 valence electrons. The van der Waals surface area contributed by atoms with E-state index < -0.39 is 23.6 Å². The van der Waals surface area contributed by atoms with Crippen molar-refractivity contribution >= 4 is 35.0 Å². The zero-order valence-electron chi connectivity index (χ0n) is 11.1. The highest BCUT2D eigenvalue weighted by Gasteiger charge is 2.32. The average molecular weight is 327 g/mol. The second kappa shape index (κ2) is 7.12. The molecular formula is C13H11F2N3O3S. The van der Waals surface area contributed by atoms with Gasteiger partial charge in [0.2, 0.25) is 5.91 Å². The third kappa shape index (κ3) is 4.10. The van der Waals surface area contributed by atoms with Crippen LogP contribution in [-0.4, -0.2) is 33.6 Å². The van der Waals surface area contributed by atoms with Crippen molar-refractivity contribution < 1.29 is 23.5 Å². The molecule has 1 saturated heterocycles. The van der Waals surface area contributed by atoms with Crippen LogP contribution in [0.15, 0.2) is 34.5 Å². The van der Waals surface area contributed by atoms with Crippen LogP contribution >= 0.6 is 11.8 Å². The fourth-order valence-electron chi connectivity index (χ4n) is 1.72. The number of carboxylic acids is 1. The summed E-state index contributed by atoms with van der Waals surface area (Å²) in [5, 5.41) is 17.8. The largest absolute Gasteiger partial charge is 0.481 e. The van der Waals surface area contributed by atoms with Crippen LogP contribution in [0.25, 0.3) is 0 Å². The Labute approximate surface area is 128 Å². The lowest BCUT2D eigenvalue weighted by Gasteiger charge is -2.02. The fraction of sp³-hybridized carbons (Fsp3) is 0.231. The van der Waals surface area contributed by atoms with Crippen molar-refractivity contribution in [2.45, 2.75) is 18.1 Å². The number of aliphatic carboxylic acids is 1. The molecule has 1 fully saturated rings. The molecule has 0 saturated carbocycles. The predicted octanol–water partition coefficient (Wildman–Crippen LogP) is 2.02. The number of hydrogen-bond acceptors (Lipinski definition) is 5. The first kappa shape index (κ1) is 16.1. The summed E-state index contributed by atoms with van der Waals surface area (Å²) in [4.78, 5) is 22.0. The molecule has 1 aliphatic heterocycles. The van der Waals surface area contributed by atoms with Gasteiger partial charge in [0.05, 0.1) is 12.6 Å². The van der Waals surface area contributed by atoms with E-state index in [2.05, 4.69) is 15.5 Å². The molecule has 2 rings (SSSR count). The number of carbonyl (C=O) groups is 2. The molecule has 0 aromatic heterocycles. The number of thioether (sulfide) groups is 1. The van der Waals surface area contributed by atoms with Crippen LogP contribution in [0.4, 0.5) is 8.78 Å². The second-order valence-corrected chi connectivity index (χ2v) is 5.46. The molecule has 1 aromatic rings. The highest BCUT2D eigenvalue weighted by Crippen LogP contribution is 2.23. The number of amides is 1. The third-order valence-electron chi connectivity index (χ3n) is 2.71. The number of nitrogens with zero attached hydrogens (tertiary/aromatic N) is 2. The van der Waals surface area contributed by atoms with Crippen LogP contribution in [0.2, 0.25) is 0 Å². The van der Waals surface area contributed by atoms with Crippen molar-refractivity contribution in [1.82, 2.24) is 5.32 Å². The summed E-state index contributed by atoms with van der Waals surface area (Å²) in [6.07, 6.45) is -1.80. The Morgan fingerprint density at radius 1 is 1.45 bits per heavy atom. The van der Waals surface area contributed by atoms with Gasteiger partial charge < -0.3 is 10.4 Å². The van der Waals surface area contributed by atoms with Gasteiger partial charge >= 0.3 is 5.97 Å². The van der Waals surface area contributed by atoms with Crippen molar-refractivity contribution in [3.8, 4) is 0 Å². The van der Waals surface area contributed by atoms with Crippen molar-refractivity contribution in [2.75, 3.05) is 0 Å². The summed E-state index contributed by atoms with van der Waals surface area (Å²) < 4.78 is 25.5. The lowest BCUT2D eigenvalue weighted by atomic mass is 10.1. The van der Waals surface area contributed by atoms with Crippen molar-refractivity contribution in [1.29, 1.82) is 0 Å². The minimum absolute atomic E-state index is 0.141. The molecule has 0 aliphatic carbocycles. The van der Waals surface area contributed by atoms with Gasteiger partial charge in [0, 0.05) is 11.1 Å². The van der Waals surface area contributed by atoms with Crippen LogP contribution in [0.3, 0.4) is 0 Å². The minimum Gasteiger partial charge on any atom is -0.481 e. The maximum absolute atomic E-state index is 12.8. The van der Waals surface area contributed by atoms with E-state index in [0.29, 0.717) is 0 Å². The fourth-order valence-corrected chi connectivity index (χ4v) is 2.63. The van der Waals surface area contributed by atoms with E-state index in [1.165, 1.54) is 18.2 Å². The molecule has 0 bridgehead atoms. The normalized spacial score (nSPS) is 20.0. The second-order valence-electron chi connectivity index (χ2n) is 4.27. The van der Waals surface area contributed by atoms with E-state index in [1.54, 1.807) is 6.07 Å². The van der Waals surface area contributed by atoms with E-state index in [9.17, 15) is 18.4 Å². The van der Waals surface area contributed by atoms with E-state index in [4.69, 9.17) is 5.11 Å². The maximum atomic E-state index is 12.8. The van der Waals surface area contributed by atoms with E-state index in [0.717, 1.165) is 18.0 Å². The Morgan fingerprint density at radius 2 is 2.18 bits per heavy atom. The van der Waals surface area contributed by atoms with Crippen LogP contribution in [0.1, 0.15) is 24.0 Å². The molecule has 9 heteroatoms. The molecule has 0 spiro atoms. The number of alkyl halides is 2. The Kier molecular flexibility index (Phi) is 5.21. The number of nitrogens with one attached hydrogen (secondary N) is 1. The number of halogens is 2. The Balaban J connectivity index is 2.06. The summed E-state index contributed by atoms with van der Waals surface area (Å²) in [6, 6.07) is 5.84. The molecule has 2 N–H and O–H groups in total. The standard InChI is InChI=1S/C13H11F2N3O3S/c14-11(15)8-4-2-1-3-7(8)6-16-18-13-17-12(21)9(22-13)5-10(19)20/h1-4,6,9,11H,5H2,(H,19,20)(H,17,18,21). The lowest BCUT2D eigenvalue weighted by Crippen LogP contribution is -2.26. The highest BCUT2D eigenvalue weighted by atomic mass is 32.2. The average Bonchev–Trinajstić information content (AvgIpc) is 2.78. The summed E-state index contributed by atoms with van der Waals surface area (Å²) >= 11 is 0.939. The van der Waals surface area contributed by atoms with Crippen LogP contribution in [0.5, 0.6) is 0 Å². The molecule has 1 heterocycles. The number of benzene rings is 1. The van der Waals surface area contributed by atoms with Gasteiger partial charge in [-0.25, -0.2) is 8.78 Å². The molecule has 0 radical (unpaired) electrons. The molecular weight excluding hydrogens is 316 g/mol. The van der Waals surface area contributed by atoms with E-state index in [1.807, 2.05) is 0 Å². The van der Waals surface area contributed by atoms with Crippen molar-refractivity contribution in [3.63, 3.8) is 0 Å². The van der Waals surface area contributed by atoms with Crippen LogP contribution < -0.4 is 5.32 Å². The summed E-state index contributed by atoms with van der Waals surface area (Å²) in [5.41, 5.74) is 0.0524. The first-order valence-corrected chi connectivity index (χ1v) is 7.02. The van der Waals surface area contributed by atoms with Crippen molar-refractivity contribution in [3.05, 3.63) is 35.4 Å². The first-order valence-electron chi connectivity index (χ1n) is 6.15. The highest BCUT2D eigenvalue weighted by molar-refractivity contribution is 8.15. The SMILES string of the molecule is O=C(O)CC1SC(=NN=Cc2ccccc2C(F)F)NC1=O. The smallest absolute Gasteiger partial charge is 0.305 e. The number of rotatable bonds is 5. The molecule has 1 atom stereocenters. The van der Waals surface area contributed by atoms with E-state index in [-0.39, 0.29) is 22.7 Å². The maximum Gasteiger partial charge on any atom is 0.305 e. The van der Waals surface area contributed by atoms with Gasteiger partial charge in [0.25, 0.3) is 6.43 Å². The lowest BCUT2D eigenvalue weighted by molar-refractivity contribution is -0.138. The van der Waals surface area contributed by atoms with Crippen LogP contribution in [-0.2, 0) is 9.59 Å². The van der Waals surface area contributed by atoms with Gasteiger partial charge in [0.15, 0.2) is 5.17 Å². The number of amidine groups is 1. The summed E-state index contributed by atoms with van der Waals surface area (Å²) in [5.74, 6) is -1.56. The van der Waals surface area contributed by atoms with Gasteiger partial charge in [-0.2, -0.15) is 5.10 Å². The zero-order chi connectivity index (χ0) is 16.1. The number of carbonyl (C=O) groups excluding carboxylic acids is 1. The minimum atomic E-state index is -2.63. The topological polar surface area (TPSA) is 91.1 Å². The van der Waals surface area contributed by atoms with E-state index >= 15 is 0 Å². The Hall–Kier alpha value is -2.29. The van der Waals surface area contributed by atoms with Gasteiger partial charge in [0.1, 0.15) is 5.25 Å². The predicted molar refractivity (Wildman–Crippen MR) is 78.2 cm³/mol. The monoisotopic (exact) mass is 327 g/mol. The molecule has 1 aromatic carbocycles.